The molecule has 1 aliphatic heterocycles. The molecule has 2 aliphatic rings. The molecule has 2 aromatic rings. The van der Waals surface area contributed by atoms with Gasteiger partial charge in [-0.3, -0.25) is 0 Å². The van der Waals surface area contributed by atoms with Crippen molar-refractivity contribution in [2.45, 2.75) is 50.2 Å². The van der Waals surface area contributed by atoms with Crippen molar-refractivity contribution in [1.82, 2.24) is 9.97 Å². The molecule has 1 saturated carbocycles. The maximum atomic E-state index is 13.0. The van der Waals surface area contributed by atoms with Crippen LogP contribution in [0.1, 0.15) is 38.5 Å². The van der Waals surface area contributed by atoms with Crippen molar-refractivity contribution in [3.8, 4) is 11.6 Å². The van der Waals surface area contributed by atoms with Gasteiger partial charge in [0.2, 0.25) is 11.8 Å². The zero-order valence-corrected chi connectivity index (χ0v) is 14.1. The van der Waals surface area contributed by atoms with E-state index in [0.29, 0.717) is 23.6 Å². The largest absolute Gasteiger partial charge is 0.439 e. The van der Waals surface area contributed by atoms with Gasteiger partial charge in [0, 0.05) is 24.9 Å². The highest BCUT2D eigenvalue weighted by Crippen LogP contribution is 2.40. The van der Waals surface area contributed by atoms with E-state index in [1.807, 2.05) is 0 Å². The molecule has 4 rings (SSSR count). The Morgan fingerprint density at radius 2 is 1.96 bits per heavy atom. The van der Waals surface area contributed by atoms with Gasteiger partial charge in [0.1, 0.15) is 11.6 Å². The maximum absolute atomic E-state index is 13.0. The molecule has 132 valence electrons. The van der Waals surface area contributed by atoms with Crippen molar-refractivity contribution >= 4 is 5.95 Å². The number of hydrogen-bond acceptors (Lipinski definition) is 5. The molecule has 1 saturated heterocycles. The van der Waals surface area contributed by atoms with Gasteiger partial charge >= 0.3 is 0 Å². The minimum absolute atomic E-state index is 0.0537. The minimum atomic E-state index is -0.294. The highest BCUT2D eigenvalue weighted by Gasteiger charge is 2.40. The van der Waals surface area contributed by atoms with Gasteiger partial charge in [-0.1, -0.05) is 12.8 Å². The van der Waals surface area contributed by atoms with Gasteiger partial charge in [-0.15, -0.1) is 0 Å². The van der Waals surface area contributed by atoms with E-state index in [9.17, 15) is 4.39 Å². The highest BCUT2D eigenvalue weighted by molar-refractivity contribution is 5.32. The minimum Gasteiger partial charge on any atom is -0.439 e. The Bertz CT molecular complexity index is 717. The Morgan fingerprint density at radius 3 is 2.76 bits per heavy atom. The lowest BCUT2D eigenvalue weighted by Gasteiger charge is -2.38. The van der Waals surface area contributed by atoms with E-state index in [2.05, 4.69) is 15.3 Å². The van der Waals surface area contributed by atoms with Gasteiger partial charge < -0.3 is 14.8 Å². The predicted molar refractivity (Wildman–Crippen MR) is 92.3 cm³/mol. The number of hydrogen-bond donors (Lipinski definition) is 1. The summed E-state index contributed by atoms with van der Waals surface area (Å²) in [6, 6.07) is 7.88. The number of halogens is 1. The summed E-state index contributed by atoms with van der Waals surface area (Å²) in [7, 11) is 0. The Balaban J connectivity index is 1.41. The zero-order valence-electron chi connectivity index (χ0n) is 14.1. The van der Waals surface area contributed by atoms with Crippen molar-refractivity contribution in [2.24, 2.45) is 0 Å². The molecule has 1 N–H and O–H groups in total. The van der Waals surface area contributed by atoms with Crippen LogP contribution in [0.25, 0.3) is 0 Å². The fourth-order valence-corrected chi connectivity index (χ4v) is 3.79. The summed E-state index contributed by atoms with van der Waals surface area (Å²) in [5.41, 5.74) is 0.0537. The van der Waals surface area contributed by atoms with Gasteiger partial charge in [-0.25, -0.2) is 9.37 Å². The number of benzene rings is 1. The second kappa shape index (κ2) is 6.96. The summed E-state index contributed by atoms with van der Waals surface area (Å²) < 4.78 is 24.7. The molecule has 6 heteroatoms. The van der Waals surface area contributed by atoms with Gasteiger partial charge in [-0.2, -0.15) is 4.98 Å². The summed E-state index contributed by atoms with van der Waals surface area (Å²) in [4.78, 5) is 8.72. The van der Waals surface area contributed by atoms with Crippen LogP contribution in [0.4, 0.5) is 10.3 Å². The van der Waals surface area contributed by atoms with Crippen LogP contribution >= 0.6 is 0 Å². The fraction of sp³-hybridized carbons (Fsp3) is 0.474. The van der Waals surface area contributed by atoms with Crippen LogP contribution < -0.4 is 10.1 Å². The summed E-state index contributed by atoms with van der Waals surface area (Å²) in [6.45, 7) is 0.781. The number of nitrogens with zero attached hydrogens (tertiary/aromatic N) is 2. The van der Waals surface area contributed by atoms with E-state index in [1.54, 1.807) is 24.4 Å². The normalized spacial score (nSPS) is 22.0. The number of ether oxygens (including phenoxy) is 2. The average Bonchev–Trinajstić information content (AvgIpc) is 3.05. The van der Waals surface area contributed by atoms with Crippen molar-refractivity contribution in [1.29, 1.82) is 0 Å². The van der Waals surface area contributed by atoms with Crippen LogP contribution in [0.15, 0.2) is 36.5 Å². The first-order valence-corrected chi connectivity index (χ1v) is 8.88. The van der Waals surface area contributed by atoms with E-state index in [4.69, 9.17) is 9.47 Å². The first kappa shape index (κ1) is 16.3. The SMILES string of the molecule is Fc1ccc(Oc2ccnc(NC3CCOC4(CCCC4)C3)n2)cc1. The third kappa shape index (κ3) is 3.90. The third-order valence-electron chi connectivity index (χ3n) is 5.01. The summed E-state index contributed by atoms with van der Waals surface area (Å²) in [6.07, 6.45) is 8.43. The number of nitrogens with one attached hydrogen (secondary N) is 1. The Labute approximate surface area is 146 Å². The van der Waals surface area contributed by atoms with Gasteiger partial charge in [0.15, 0.2) is 0 Å². The van der Waals surface area contributed by atoms with Crippen molar-refractivity contribution in [3.05, 3.63) is 42.3 Å². The van der Waals surface area contributed by atoms with Crippen LogP contribution in [0.2, 0.25) is 0 Å². The van der Waals surface area contributed by atoms with Crippen LogP contribution in [0.3, 0.4) is 0 Å². The smallest absolute Gasteiger partial charge is 0.226 e. The molecule has 1 spiro atoms. The lowest BCUT2D eigenvalue weighted by Crippen LogP contribution is -2.42. The van der Waals surface area contributed by atoms with E-state index in [-0.39, 0.29) is 11.4 Å². The van der Waals surface area contributed by atoms with Gasteiger partial charge in [-0.05, 0) is 49.9 Å². The van der Waals surface area contributed by atoms with Gasteiger partial charge in [0.05, 0.1) is 5.60 Å². The van der Waals surface area contributed by atoms with Crippen molar-refractivity contribution in [3.63, 3.8) is 0 Å². The quantitative estimate of drug-likeness (QED) is 0.896. The Hall–Kier alpha value is -2.21. The van der Waals surface area contributed by atoms with Crippen molar-refractivity contribution in [2.75, 3.05) is 11.9 Å². The average molecular weight is 343 g/mol. The molecule has 0 bridgehead atoms. The van der Waals surface area contributed by atoms with E-state index in [1.165, 1.54) is 25.0 Å². The molecule has 1 aromatic heterocycles. The molecule has 1 atom stereocenters. The molecule has 0 radical (unpaired) electrons. The monoisotopic (exact) mass is 343 g/mol. The third-order valence-corrected chi connectivity index (χ3v) is 5.01. The van der Waals surface area contributed by atoms with E-state index < -0.39 is 0 Å². The first-order chi connectivity index (χ1) is 12.2. The molecule has 25 heavy (non-hydrogen) atoms. The lowest BCUT2D eigenvalue weighted by atomic mass is 9.89. The van der Waals surface area contributed by atoms with Gasteiger partial charge in [0.25, 0.3) is 0 Å². The number of aromatic nitrogens is 2. The molecular formula is C19H22FN3O2. The van der Waals surface area contributed by atoms with Crippen LogP contribution in [-0.4, -0.2) is 28.2 Å². The standard InChI is InChI=1S/C19H22FN3O2/c20-14-3-5-16(6-4-14)25-17-7-11-21-18(23-17)22-15-8-12-24-19(13-15)9-1-2-10-19/h3-7,11,15H,1-2,8-10,12-13H2,(H,21,22,23). The predicted octanol–water partition coefficient (Wildman–Crippen LogP) is 4.31. The van der Waals surface area contributed by atoms with E-state index >= 15 is 0 Å². The van der Waals surface area contributed by atoms with E-state index in [0.717, 1.165) is 32.3 Å². The highest BCUT2D eigenvalue weighted by atomic mass is 19.1. The molecule has 0 amide bonds. The lowest BCUT2D eigenvalue weighted by molar-refractivity contribution is -0.0767. The molecule has 2 fully saturated rings. The fourth-order valence-electron chi connectivity index (χ4n) is 3.79. The molecule has 1 aromatic carbocycles. The number of rotatable bonds is 4. The topological polar surface area (TPSA) is 56.3 Å². The summed E-state index contributed by atoms with van der Waals surface area (Å²) in [5, 5.41) is 3.43. The molecular weight excluding hydrogens is 321 g/mol. The Morgan fingerprint density at radius 1 is 1.16 bits per heavy atom. The molecule has 1 unspecified atom stereocenters. The maximum Gasteiger partial charge on any atom is 0.226 e. The molecule has 1 aliphatic carbocycles. The second-order valence-electron chi connectivity index (χ2n) is 6.85. The molecule has 2 heterocycles. The van der Waals surface area contributed by atoms with Crippen molar-refractivity contribution < 1.29 is 13.9 Å². The Kier molecular flexibility index (Phi) is 4.53. The number of anilines is 1. The van der Waals surface area contributed by atoms with Crippen LogP contribution in [0, 0.1) is 5.82 Å². The zero-order chi connectivity index (χ0) is 17.1. The molecule has 5 nitrogen and oxygen atoms in total. The first-order valence-electron chi connectivity index (χ1n) is 8.88. The summed E-state index contributed by atoms with van der Waals surface area (Å²) >= 11 is 0. The second-order valence-corrected chi connectivity index (χ2v) is 6.85. The van der Waals surface area contributed by atoms with Crippen LogP contribution in [-0.2, 0) is 4.74 Å². The van der Waals surface area contributed by atoms with Crippen LogP contribution in [0.5, 0.6) is 11.6 Å². The summed E-state index contributed by atoms with van der Waals surface area (Å²) in [5.74, 6) is 1.24.